The number of esters is 1. The van der Waals surface area contributed by atoms with Crippen molar-refractivity contribution in [3.63, 3.8) is 0 Å². The van der Waals surface area contributed by atoms with Crippen molar-refractivity contribution in [2.45, 2.75) is 6.10 Å². The van der Waals surface area contributed by atoms with Crippen LogP contribution in [0.15, 0.2) is 53.3 Å². The Bertz CT molecular complexity index is 1150. The monoisotopic (exact) mass is 386 g/mol. The molecule has 130 valence electrons. The van der Waals surface area contributed by atoms with E-state index in [-0.39, 0.29) is 10.3 Å². The van der Waals surface area contributed by atoms with Gasteiger partial charge >= 0.3 is 5.97 Å². The molecule has 2 N–H and O–H groups in total. The van der Waals surface area contributed by atoms with Gasteiger partial charge in [0.25, 0.3) is 5.56 Å². The number of ether oxygens (including phenoxy) is 1. The van der Waals surface area contributed by atoms with Crippen LogP contribution in [0, 0.1) is 4.77 Å². The lowest BCUT2D eigenvalue weighted by Crippen LogP contribution is -2.21. The number of nitrogens with one attached hydrogen (secondary N) is 1. The number of carbonyl (C=O) groups excluding carboxylic acids is 1. The van der Waals surface area contributed by atoms with Gasteiger partial charge in [0.15, 0.2) is 10.9 Å². The first-order chi connectivity index (χ1) is 12.5. The average molecular weight is 387 g/mol. The van der Waals surface area contributed by atoms with E-state index in [9.17, 15) is 14.7 Å². The zero-order valence-corrected chi connectivity index (χ0v) is 14.7. The van der Waals surface area contributed by atoms with Gasteiger partial charge in [0.2, 0.25) is 5.88 Å². The van der Waals surface area contributed by atoms with Crippen LogP contribution < -0.4 is 5.56 Å². The Hall–Kier alpha value is -2.90. The first kappa shape index (κ1) is 16.6. The van der Waals surface area contributed by atoms with Gasteiger partial charge in [-0.1, -0.05) is 29.8 Å². The molecule has 8 heteroatoms. The molecule has 0 unspecified atom stereocenters. The van der Waals surface area contributed by atoms with Gasteiger partial charge in [-0.2, -0.15) is 0 Å². The summed E-state index contributed by atoms with van der Waals surface area (Å²) in [6.45, 7) is 0. The number of aromatic hydroxyl groups is 1. The molecule has 0 radical (unpaired) electrons. The van der Waals surface area contributed by atoms with Crippen LogP contribution in [0.25, 0.3) is 5.69 Å². The number of benzene rings is 2. The van der Waals surface area contributed by atoms with Crippen molar-refractivity contribution in [2.75, 3.05) is 0 Å². The molecule has 26 heavy (non-hydrogen) atoms. The highest BCUT2D eigenvalue weighted by molar-refractivity contribution is 7.71. The Morgan fingerprint density at radius 3 is 2.54 bits per heavy atom. The smallest absolute Gasteiger partial charge is 0.339 e. The van der Waals surface area contributed by atoms with Gasteiger partial charge < -0.3 is 9.84 Å². The molecule has 2 aromatic carbocycles. The molecule has 0 saturated carbocycles. The minimum absolute atomic E-state index is 0.0104. The van der Waals surface area contributed by atoms with Gasteiger partial charge in [-0.15, -0.1) is 0 Å². The Balaban J connectivity index is 1.96. The van der Waals surface area contributed by atoms with Crippen molar-refractivity contribution in [3.05, 3.63) is 85.4 Å². The molecule has 0 aliphatic carbocycles. The molecule has 0 spiro atoms. The predicted octanol–water partition coefficient (Wildman–Crippen LogP) is 3.51. The second kappa shape index (κ2) is 6.12. The van der Waals surface area contributed by atoms with Crippen LogP contribution in [0.5, 0.6) is 5.88 Å². The maximum atomic E-state index is 12.5. The van der Waals surface area contributed by atoms with Crippen LogP contribution in [0.2, 0.25) is 5.02 Å². The number of rotatable bonds is 2. The van der Waals surface area contributed by atoms with Gasteiger partial charge in [0.1, 0.15) is 5.56 Å². The van der Waals surface area contributed by atoms with E-state index in [1.54, 1.807) is 48.5 Å². The second-order valence-electron chi connectivity index (χ2n) is 5.68. The number of cyclic esters (lactones) is 1. The number of carbonyl (C=O) groups is 1. The molecule has 0 bridgehead atoms. The molecule has 1 atom stereocenters. The van der Waals surface area contributed by atoms with Crippen molar-refractivity contribution in [1.82, 2.24) is 9.55 Å². The van der Waals surface area contributed by atoms with Crippen molar-refractivity contribution in [1.29, 1.82) is 0 Å². The first-order valence-electron chi connectivity index (χ1n) is 7.61. The molecule has 0 fully saturated rings. The van der Waals surface area contributed by atoms with E-state index >= 15 is 0 Å². The molecule has 4 rings (SSSR count). The predicted molar refractivity (Wildman–Crippen MR) is 97.6 cm³/mol. The van der Waals surface area contributed by atoms with E-state index in [0.717, 1.165) is 0 Å². The SMILES string of the molecule is O=C1O[C@@H](c2c(O)n(-c3ccc(Cl)cc3)c(=S)[nH]c2=O)c2ccccc21. The van der Waals surface area contributed by atoms with Crippen LogP contribution in [-0.2, 0) is 4.74 Å². The summed E-state index contributed by atoms with van der Waals surface area (Å²) in [6.07, 6.45) is -1.02. The first-order valence-corrected chi connectivity index (χ1v) is 8.40. The van der Waals surface area contributed by atoms with Crippen LogP contribution in [0.1, 0.15) is 27.6 Å². The summed E-state index contributed by atoms with van der Waals surface area (Å²) < 4.78 is 6.64. The average Bonchev–Trinajstić information content (AvgIpc) is 2.93. The summed E-state index contributed by atoms with van der Waals surface area (Å²) in [6, 6.07) is 13.3. The molecular weight excluding hydrogens is 376 g/mol. The molecule has 1 aliphatic rings. The number of halogens is 1. The Morgan fingerprint density at radius 1 is 1.12 bits per heavy atom. The summed E-state index contributed by atoms with van der Waals surface area (Å²) in [7, 11) is 0. The van der Waals surface area contributed by atoms with E-state index in [4.69, 9.17) is 28.6 Å². The summed E-state index contributed by atoms with van der Waals surface area (Å²) in [5.41, 5.74) is 0.668. The zero-order chi connectivity index (χ0) is 18.4. The summed E-state index contributed by atoms with van der Waals surface area (Å²) in [4.78, 5) is 27.1. The van der Waals surface area contributed by atoms with E-state index in [1.165, 1.54) is 4.57 Å². The minimum atomic E-state index is -1.02. The van der Waals surface area contributed by atoms with Crippen molar-refractivity contribution < 1.29 is 14.6 Å². The maximum absolute atomic E-state index is 12.5. The maximum Gasteiger partial charge on any atom is 0.339 e. The molecule has 0 saturated heterocycles. The molecule has 3 aromatic rings. The summed E-state index contributed by atoms with van der Waals surface area (Å²) in [5.74, 6) is -0.944. The standard InChI is InChI=1S/C18H11ClN2O4S/c19-9-5-7-10(8-6-9)21-16(23)13(15(22)20-18(21)26)14-11-3-1-2-4-12(11)17(24)25-14/h1-8,14,23H,(H,20,22,26)/t14-/m1/s1. The number of fused-ring (bicyclic) bond motifs is 1. The third-order valence-electron chi connectivity index (χ3n) is 4.16. The Kier molecular flexibility index (Phi) is 3.90. The van der Waals surface area contributed by atoms with E-state index in [1.807, 2.05) is 0 Å². The van der Waals surface area contributed by atoms with Crippen molar-refractivity contribution in [3.8, 4) is 11.6 Å². The highest BCUT2D eigenvalue weighted by Crippen LogP contribution is 2.38. The zero-order valence-electron chi connectivity index (χ0n) is 13.1. The fraction of sp³-hybridized carbons (Fsp3) is 0.0556. The molecular formula is C18H11ClN2O4S. The van der Waals surface area contributed by atoms with Gasteiger partial charge in [-0.05, 0) is 42.5 Å². The molecule has 6 nitrogen and oxygen atoms in total. The topological polar surface area (TPSA) is 84.3 Å². The van der Waals surface area contributed by atoms with Gasteiger partial charge in [-0.3, -0.25) is 14.3 Å². The third-order valence-corrected chi connectivity index (χ3v) is 4.69. The van der Waals surface area contributed by atoms with Crippen LogP contribution in [0.3, 0.4) is 0 Å². The quantitative estimate of drug-likeness (QED) is 0.520. The fourth-order valence-electron chi connectivity index (χ4n) is 2.96. The number of hydrogen-bond donors (Lipinski definition) is 2. The number of aromatic nitrogens is 2. The van der Waals surface area contributed by atoms with Gasteiger partial charge in [0.05, 0.1) is 11.3 Å². The largest absolute Gasteiger partial charge is 0.494 e. The number of H-pyrrole nitrogens is 1. The van der Waals surface area contributed by atoms with Gasteiger partial charge in [-0.25, -0.2) is 4.79 Å². The number of hydrogen-bond acceptors (Lipinski definition) is 5. The van der Waals surface area contributed by atoms with E-state index in [2.05, 4.69) is 4.98 Å². The highest BCUT2D eigenvalue weighted by Gasteiger charge is 2.36. The lowest BCUT2D eigenvalue weighted by molar-refractivity contribution is 0.0449. The number of nitrogens with zero attached hydrogens (tertiary/aromatic N) is 1. The lowest BCUT2D eigenvalue weighted by Gasteiger charge is -2.16. The fourth-order valence-corrected chi connectivity index (χ4v) is 3.38. The van der Waals surface area contributed by atoms with E-state index in [0.29, 0.717) is 21.8 Å². The highest BCUT2D eigenvalue weighted by atomic mass is 35.5. The van der Waals surface area contributed by atoms with Crippen molar-refractivity contribution in [2.24, 2.45) is 0 Å². The Labute approximate surface area is 157 Å². The van der Waals surface area contributed by atoms with Crippen LogP contribution in [-0.4, -0.2) is 20.6 Å². The Morgan fingerprint density at radius 2 is 1.81 bits per heavy atom. The molecule has 0 amide bonds. The molecule has 2 heterocycles. The lowest BCUT2D eigenvalue weighted by atomic mass is 10.0. The normalized spacial score (nSPS) is 15.6. The van der Waals surface area contributed by atoms with E-state index < -0.39 is 23.5 Å². The number of aromatic amines is 1. The van der Waals surface area contributed by atoms with Crippen LogP contribution in [0.4, 0.5) is 0 Å². The summed E-state index contributed by atoms with van der Waals surface area (Å²) in [5, 5.41) is 11.3. The second-order valence-corrected chi connectivity index (χ2v) is 6.50. The summed E-state index contributed by atoms with van der Waals surface area (Å²) >= 11 is 11.1. The minimum Gasteiger partial charge on any atom is -0.494 e. The van der Waals surface area contributed by atoms with Crippen molar-refractivity contribution >= 4 is 29.8 Å². The van der Waals surface area contributed by atoms with Gasteiger partial charge in [0, 0.05) is 10.6 Å². The molecule has 1 aliphatic heterocycles. The van der Waals surface area contributed by atoms with Crippen LogP contribution >= 0.6 is 23.8 Å². The third kappa shape index (κ3) is 2.53. The molecule has 1 aromatic heterocycles.